The minimum atomic E-state index is -0.326. The zero-order chi connectivity index (χ0) is 13.5. The summed E-state index contributed by atoms with van der Waals surface area (Å²) in [6.45, 7) is 7.10. The average molecular weight is 269 g/mol. The van der Waals surface area contributed by atoms with Gasteiger partial charge in [-0.2, -0.15) is 0 Å². The lowest BCUT2D eigenvalue weighted by atomic mass is 9.84. The van der Waals surface area contributed by atoms with Crippen LogP contribution in [0.15, 0.2) is 0 Å². The highest BCUT2D eigenvalue weighted by molar-refractivity contribution is 4.96. The van der Waals surface area contributed by atoms with E-state index in [2.05, 4.69) is 23.8 Å². The van der Waals surface area contributed by atoms with Crippen LogP contribution in [0.2, 0.25) is 0 Å². The Morgan fingerprint density at radius 3 is 2.63 bits per heavy atom. The highest BCUT2D eigenvalue weighted by atomic mass is 16.7. The van der Waals surface area contributed by atoms with E-state index in [1.807, 2.05) is 0 Å². The minimum absolute atomic E-state index is 0.258. The Morgan fingerprint density at radius 1 is 1.21 bits per heavy atom. The molecule has 3 fully saturated rings. The molecule has 2 N–H and O–H groups in total. The van der Waals surface area contributed by atoms with Crippen LogP contribution in [0.4, 0.5) is 0 Å². The number of rotatable bonds is 1. The van der Waals surface area contributed by atoms with E-state index in [1.165, 1.54) is 0 Å². The third-order valence-corrected chi connectivity index (χ3v) is 5.15. The van der Waals surface area contributed by atoms with Gasteiger partial charge in [0.1, 0.15) is 0 Å². The first-order chi connectivity index (χ1) is 9.10. The zero-order valence-corrected chi connectivity index (χ0v) is 12.2. The number of nitrogens with zero attached hydrogens (tertiary/aromatic N) is 2. The summed E-state index contributed by atoms with van der Waals surface area (Å²) in [6, 6.07) is 1.27. The fourth-order valence-corrected chi connectivity index (χ4v) is 3.69. The van der Waals surface area contributed by atoms with Crippen molar-refractivity contribution in [3.63, 3.8) is 0 Å². The number of likely N-dealkylation sites (N-methyl/N-ethyl adjacent to an activating group) is 1. The molecule has 1 saturated carbocycles. The lowest BCUT2D eigenvalue weighted by Crippen LogP contribution is -2.61. The highest BCUT2D eigenvalue weighted by Gasteiger charge is 2.46. The Balaban J connectivity index is 1.68. The summed E-state index contributed by atoms with van der Waals surface area (Å²) in [7, 11) is 2.20. The van der Waals surface area contributed by atoms with Crippen LogP contribution in [0.1, 0.15) is 26.2 Å². The second-order valence-electron chi connectivity index (χ2n) is 6.41. The number of nitrogens with two attached hydrogens (primary N) is 1. The molecular weight excluding hydrogens is 242 g/mol. The Morgan fingerprint density at radius 2 is 1.95 bits per heavy atom. The van der Waals surface area contributed by atoms with E-state index >= 15 is 0 Å². The summed E-state index contributed by atoms with van der Waals surface area (Å²) in [5, 5.41) is 0. The molecule has 0 bridgehead atoms. The van der Waals surface area contributed by atoms with E-state index in [9.17, 15) is 0 Å². The monoisotopic (exact) mass is 269 g/mol. The van der Waals surface area contributed by atoms with Gasteiger partial charge in [-0.05, 0) is 20.4 Å². The Bertz CT molecular complexity index is 320. The fourth-order valence-electron chi connectivity index (χ4n) is 3.69. The van der Waals surface area contributed by atoms with Crippen LogP contribution in [0.25, 0.3) is 0 Å². The molecule has 0 radical (unpaired) electrons. The topological polar surface area (TPSA) is 51.0 Å². The molecule has 2 heterocycles. The molecule has 5 nitrogen and oxygen atoms in total. The van der Waals surface area contributed by atoms with Crippen LogP contribution < -0.4 is 5.73 Å². The van der Waals surface area contributed by atoms with E-state index in [-0.39, 0.29) is 11.8 Å². The van der Waals surface area contributed by atoms with Gasteiger partial charge in [0.15, 0.2) is 5.79 Å². The molecule has 0 aromatic carbocycles. The molecule has 2 aliphatic heterocycles. The summed E-state index contributed by atoms with van der Waals surface area (Å²) in [5.41, 5.74) is 6.37. The maximum atomic E-state index is 6.37. The van der Waals surface area contributed by atoms with Crippen LogP contribution in [0, 0.1) is 0 Å². The number of piperazine rings is 1. The molecule has 3 unspecified atom stereocenters. The van der Waals surface area contributed by atoms with Gasteiger partial charge in [0.05, 0.1) is 13.2 Å². The first kappa shape index (κ1) is 13.8. The molecule has 3 atom stereocenters. The second-order valence-corrected chi connectivity index (χ2v) is 6.41. The van der Waals surface area contributed by atoms with E-state index in [0.717, 1.165) is 52.1 Å². The molecule has 0 aromatic rings. The molecule has 2 saturated heterocycles. The van der Waals surface area contributed by atoms with Gasteiger partial charge in [-0.15, -0.1) is 0 Å². The molecular formula is C14H27N3O2. The quantitative estimate of drug-likeness (QED) is 0.739. The number of ether oxygens (including phenoxy) is 2. The first-order valence-electron chi connectivity index (χ1n) is 7.57. The van der Waals surface area contributed by atoms with Gasteiger partial charge in [-0.25, -0.2) is 0 Å². The second kappa shape index (κ2) is 5.30. The van der Waals surface area contributed by atoms with Gasteiger partial charge in [0.2, 0.25) is 0 Å². The number of hydrogen-bond donors (Lipinski definition) is 1. The smallest absolute Gasteiger partial charge is 0.170 e. The predicted molar refractivity (Wildman–Crippen MR) is 73.9 cm³/mol. The van der Waals surface area contributed by atoms with E-state index in [1.54, 1.807) is 0 Å². The van der Waals surface area contributed by atoms with Gasteiger partial charge < -0.3 is 20.1 Å². The van der Waals surface area contributed by atoms with Crippen LogP contribution in [-0.2, 0) is 9.47 Å². The first-order valence-corrected chi connectivity index (χ1v) is 7.57. The minimum Gasteiger partial charge on any atom is -0.347 e. The van der Waals surface area contributed by atoms with Crippen molar-refractivity contribution >= 4 is 0 Å². The van der Waals surface area contributed by atoms with Gasteiger partial charge in [-0.1, -0.05) is 0 Å². The van der Waals surface area contributed by atoms with Gasteiger partial charge in [0.25, 0.3) is 0 Å². The van der Waals surface area contributed by atoms with Crippen molar-refractivity contribution in [2.75, 3.05) is 39.9 Å². The molecule has 5 heteroatoms. The zero-order valence-electron chi connectivity index (χ0n) is 12.2. The molecule has 3 rings (SSSR count). The highest BCUT2D eigenvalue weighted by Crippen LogP contribution is 2.37. The lowest BCUT2D eigenvalue weighted by molar-refractivity contribution is -0.193. The van der Waals surface area contributed by atoms with Gasteiger partial charge in [0, 0.05) is 50.6 Å². The number of hydrogen-bond acceptors (Lipinski definition) is 5. The summed E-state index contributed by atoms with van der Waals surface area (Å²) in [6.07, 6.45) is 2.89. The average Bonchev–Trinajstić information content (AvgIpc) is 2.85. The van der Waals surface area contributed by atoms with Crippen molar-refractivity contribution < 1.29 is 9.47 Å². The van der Waals surface area contributed by atoms with Crippen molar-refractivity contribution in [2.24, 2.45) is 5.73 Å². The fraction of sp³-hybridized carbons (Fsp3) is 1.00. The Hall–Kier alpha value is -0.200. The predicted octanol–water partition coefficient (Wildman–Crippen LogP) is 0.245. The standard InChI is InChI=1S/C14H27N3O2/c1-11-10-17(6-5-16(11)2)13-9-14(4-3-12(13)15)18-7-8-19-14/h11-13H,3-10,15H2,1-2H3. The van der Waals surface area contributed by atoms with Crippen molar-refractivity contribution in [3.8, 4) is 0 Å². The molecule has 110 valence electrons. The summed E-state index contributed by atoms with van der Waals surface area (Å²) < 4.78 is 11.8. The molecule has 3 aliphatic rings. The van der Waals surface area contributed by atoms with Gasteiger partial charge >= 0.3 is 0 Å². The molecule has 1 spiro atoms. The molecule has 1 aliphatic carbocycles. The Kier molecular flexibility index (Phi) is 3.84. The summed E-state index contributed by atoms with van der Waals surface area (Å²) in [5.74, 6) is -0.326. The molecule has 0 aromatic heterocycles. The maximum absolute atomic E-state index is 6.37. The van der Waals surface area contributed by atoms with Crippen LogP contribution in [0.5, 0.6) is 0 Å². The maximum Gasteiger partial charge on any atom is 0.170 e. The molecule has 19 heavy (non-hydrogen) atoms. The largest absolute Gasteiger partial charge is 0.347 e. The summed E-state index contributed by atoms with van der Waals surface area (Å²) in [4.78, 5) is 4.98. The third-order valence-electron chi connectivity index (χ3n) is 5.15. The van der Waals surface area contributed by atoms with Gasteiger partial charge in [-0.3, -0.25) is 4.90 Å². The van der Waals surface area contributed by atoms with Crippen molar-refractivity contribution in [1.29, 1.82) is 0 Å². The van der Waals surface area contributed by atoms with Crippen molar-refractivity contribution in [1.82, 2.24) is 9.80 Å². The van der Waals surface area contributed by atoms with Crippen molar-refractivity contribution in [2.45, 2.75) is 50.1 Å². The summed E-state index contributed by atoms with van der Waals surface area (Å²) >= 11 is 0. The lowest BCUT2D eigenvalue weighted by Gasteiger charge is -2.48. The normalized spacial score (nSPS) is 40.9. The third kappa shape index (κ3) is 2.67. The van der Waals surface area contributed by atoms with Crippen LogP contribution in [0.3, 0.4) is 0 Å². The van der Waals surface area contributed by atoms with E-state index < -0.39 is 0 Å². The SMILES string of the molecule is CC1CN(C2CC3(CCC2N)OCCO3)CCN1C. The van der Waals surface area contributed by atoms with Crippen LogP contribution in [-0.4, -0.2) is 73.6 Å². The van der Waals surface area contributed by atoms with E-state index in [0.29, 0.717) is 12.1 Å². The van der Waals surface area contributed by atoms with Crippen molar-refractivity contribution in [3.05, 3.63) is 0 Å². The van der Waals surface area contributed by atoms with E-state index in [4.69, 9.17) is 15.2 Å². The van der Waals surface area contributed by atoms with Crippen LogP contribution >= 0.6 is 0 Å². The molecule has 0 amide bonds. The Labute approximate surface area is 116 Å².